The zero-order valence-corrected chi connectivity index (χ0v) is 8.26. The largest absolute Gasteiger partial charge is 0.395 e. The van der Waals surface area contributed by atoms with Crippen LogP contribution in [0.25, 0.3) is 0 Å². The minimum absolute atomic E-state index is 0.0153. The molecule has 0 aromatic rings. The Labute approximate surface area is 78.7 Å². The molecule has 13 heavy (non-hydrogen) atoms. The maximum Gasteiger partial charge on any atom is 0.214 e. The number of hydrogen-bond donors (Lipinski definition) is 2. The Kier molecular flexibility index (Phi) is 3.90. The van der Waals surface area contributed by atoms with Gasteiger partial charge in [-0.15, -0.1) is 0 Å². The van der Waals surface area contributed by atoms with Gasteiger partial charge in [-0.25, -0.2) is 13.1 Å². The number of nitrogens with one attached hydrogen (secondary N) is 1. The molecule has 0 saturated carbocycles. The summed E-state index contributed by atoms with van der Waals surface area (Å²) in [7, 11) is -3.27. The van der Waals surface area contributed by atoms with E-state index in [1.54, 1.807) is 0 Å². The topological polar surface area (TPSA) is 66.4 Å². The van der Waals surface area contributed by atoms with Crippen molar-refractivity contribution >= 4 is 10.0 Å². The van der Waals surface area contributed by atoms with Crippen molar-refractivity contribution in [1.82, 2.24) is 4.72 Å². The molecule has 0 heterocycles. The Bertz CT molecular complexity index is 271. The summed E-state index contributed by atoms with van der Waals surface area (Å²) < 4.78 is 25.0. The molecule has 0 spiro atoms. The molecular weight excluding hydrogens is 190 g/mol. The number of hydrogen-bond acceptors (Lipinski definition) is 3. The molecule has 0 aromatic carbocycles. The van der Waals surface area contributed by atoms with Gasteiger partial charge in [-0.3, -0.25) is 0 Å². The van der Waals surface area contributed by atoms with E-state index in [4.69, 9.17) is 5.11 Å². The molecule has 0 bridgehead atoms. The average molecular weight is 205 g/mol. The molecule has 0 fully saturated rings. The zero-order chi connectivity index (χ0) is 9.73. The molecule has 0 amide bonds. The monoisotopic (exact) mass is 205 g/mol. The lowest BCUT2D eigenvalue weighted by Gasteiger charge is -2.18. The molecule has 4 nitrogen and oxygen atoms in total. The van der Waals surface area contributed by atoms with E-state index in [1.807, 2.05) is 6.08 Å². The van der Waals surface area contributed by atoms with Crippen LogP contribution in [0.4, 0.5) is 0 Å². The predicted molar refractivity (Wildman–Crippen MR) is 50.8 cm³/mol. The van der Waals surface area contributed by atoms with E-state index in [2.05, 4.69) is 10.8 Å². The molecule has 0 aliphatic heterocycles. The Morgan fingerprint density at radius 1 is 1.46 bits per heavy atom. The molecule has 0 aromatic heterocycles. The Hall–Kier alpha value is -0.390. The van der Waals surface area contributed by atoms with Crippen molar-refractivity contribution in [3.05, 3.63) is 12.2 Å². The fraction of sp³-hybridized carbons (Fsp3) is 0.750. The molecule has 2 N–H and O–H groups in total. The van der Waals surface area contributed by atoms with Crippen LogP contribution in [0.5, 0.6) is 0 Å². The van der Waals surface area contributed by atoms with Crippen molar-refractivity contribution in [2.24, 2.45) is 0 Å². The van der Waals surface area contributed by atoms with E-state index < -0.39 is 10.0 Å². The van der Waals surface area contributed by atoms with Crippen LogP contribution in [0.1, 0.15) is 19.3 Å². The summed E-state index contributed by atoms with van der Waals surface area (Å²) in [6.45, 7) is -0.322. The lowest BCUT2D eigenvalue weighted by molar-refractivity contribution is 0.318. The molecule has 0 saturated heterocycles. The van der Waals surface area contributed by atoms with Crippen LogP contribution in [0.2, 0.25) is 0 Å². The predicted octanol–water partition coefficient (Wildman–Crippen LogP) is 0.00680. The van der Waals surface area contributed by atoms with Crippen LogP contribution in [-0.2, 0) is 10.0 Å². The van der Waals surface area contributed by atoms with Crippen LogP contribution in [0.3, 0.4) is 0 Å². The zero-order valence-electron chi connectivity index (χ0n) is 7.44. The minimum atomic E-state index is -3.27. The van der Waals surface area contributed by atoms with Crippen molar-refractivity contribution in [2.45, 2.75) is 25.3 Å². The van der Waals surface area contributed by atoms with Gasteiger partial charge in [0.25, 0.3) is 0 Å². The molecule has 1 aliphatic carbocycles. The van der Waals surface area contributed by atoms with E-state index in [9.17, 15) is 8.42 Å². The summed E-state index contributed by atoms with van der Waals surface area (Å²) >= 11 is 0. The summed E-state index contributed by atoms with van der Waals surface area (Å²) in [5, 5.41) is 8.50. The van der Waals surface area contributed by atoms with Gasteiger partial charge in [-0.2, -0.15) is 0 Å². The highest BCUT2D eigenvalue weighted by atomic mass is 32.2. The maximum absolute atomic E-state index is 11.2. The average Bonchev–Trinajstić information content (AvgIpc) is 2.04. The van der Waals surface area contributed by atoms with E-state index in [0.29, 0.717) is 0 Å². The van der Waals surface area contributed by atoms with Gasteiger partial charge < -0.3 is 5.11 Å². The van der Waals surface area contributed by atoms with Crippen LogP contribution >= 0.6 is 0 Å². The van der Waals surface area contributed by atoms with Gasteiger partial charge in [0.2, 0.25) is 10.0 Å². The number of sulfonamides is 1. The van der Waals surface area contributed by atoms with Gasteiger partial charge in [-0.05, 0) is 19.3 Å². The second-order valence-corrected chi connectivity index (χ2v) is 5.02. The van der Waals surface area contributed by atoms with Gasteiger partial charge in [0.15, 0.2) is 0 Å². The van der Waals surface area contributed by atoms with Crippen LogP contribution in [0, 0.1) is 0 Å². The summed E-state index contributed by atoms with van der Waals surface area (Å²) in [5.41, 5.74) is 0. The smallest absolute Gasteiger partial charge is 0.214 e. The fourth-order valence-corrected chi connectivity index (χ4v) is 2.41. The van der Waals surface area contributed by atoms with Gasteiger partial charge in [0, 0.05) is 6.04 Å². The molecule has 5 heteroatoms. The first-order chi connectivity index (χ1) is 6.14. The number of aliphatic hydroxyl groups excluding tert-OH is 1. The van der Waals surface area contributed by atoms with Crippen molar-refractivity contribution in [3.8, 4) is 0 Å². The lowest BCUT2D eigenvalue weighted by atomic mass is 10.0. The molecule has 0 radical (unpaired) electrons. The molecule has 1 rings (SSSR count). The highest BCUT2D eigenvalue weighted by Gasteiger charge is 2.17. The first kappa shape index (κ1) is 10.7. The van der Waals surface area contributed by atoms with Crippen molar-refractivity contribution in [1.29, 1.82) is 0 Å². The van der Waals surface area contributed by atoms with Gasteiger partial charge in [0.1, 0.15) is 0 Å². The van der Waals surface area contributed by atoms with Crippen molar-refractivity contribution in [3.63, 3.8) is 0 Å². The molecule has 1 atom stereocenters. The summed E-state index contributed by atoms with van der Waals surface area (Å²) in [6, 6.07) is 0.0153. The third kappa shape index (κ3) is 3.89. The first-order valence-corrected chi connectivity index (χ1v) is 6.05. The third-order valence-corrected chi connectivity index (χ3v) is 3.39. The van der Waals surface area contributed by atoms with Gasteiger partial charge >= 0.3 is 0 Å². The Morgan fingerprint density at radius 2 is 2.23 bits per heavy atom. The quantitative estimate of drug-likeness (QED) is 0.635. The normalized spacial score (nSPS) is 23.3. The van der Waals surface area contributed by atoms with E-state index in [-0.39, 0.29) is 18.4 Å². The van der Waals surface area contributed by atoms with E-state index >= 15 is 0 Å². The minimum Gasteiger partial charge on any atom is -0.395 e. The highest BCUT2D eigenvalue weighted by Crippen LogP contribution is 2.11. The SMILES string of the molecule is O=S(=O)(CCO)NC1CC=CCC1. The summed E-state index contributed by atoms with van der Waals surface area (Å²) in [6.07, 6.45) is 6.56. The van der Waals surface area contributed by atoms with E-state index in [1.165, 1.54) is 0 Å². The maximum atomic E-state index is 11.2. The fourth-order valence-electron chi connectivity index (χ4n) is 1.33. The molecule has 1 aliphatic rings. The van der Waals surface area contributed by atoms with E-state index in [0.717, 1.165) is 19.3 Å². The summed E-state index contributed by atoms with van der Waals surface area (Å²) in [5.74, 6) is -0.201. The lowest BCUT2D eigenvalue weighted by Crippen LogP contribution is -2.37. The molecule has 76 valence electrons. The van der Waals surface area contributed by atoms with Gasteiger partial charge in [-0.1, -0.05) is 12.2 Å². The second-order valence-electron chi connectivity index (χ2n) is 3.14. The highest BCUT2D eigenvalue weighted by molar-refractivity contribution is 7.89. The molecule has 1 unspecified atom stereocenters. The van der Waals surface area contributed by atoms with Crippen LogP contribution in [0.15, 0.2) is 12.2 Å². The number of rotatable bonds is 4. The Balaban J connectivity index is 2.43. The van der Waals surface area contributed by atoms with Gasteiger partial charge in [0.05, 0.1) is 12.4 Å². The standard InChI is InChI=1S/C8H15NO3S/c10-6-7-13(11,12)9-8-4-2-1-3-5-8/h1-2,8-10H,3-7H2. The van der Waals surface area contributed by atoms with Crippen LogP contribution < -0.4 is 4.72 Å². The summed E-state index contributed by atoms with van der Waals surface area (Å²) in [4.78, 5) is 0. The first-order valence-electron chi connectivity index (χ1n) is 4.40. The van der Waals surface area contributed by atoms with Crippen molar-refractivity contribution < 1.29 is 13.5 Å². The number of allylic oxidation sites excluding steroid dienone is 1. The third-order valence-electron chi connectivity index (χ3n) is 1.98. The molecular formula is C8H15NO3S. The van der Waals surface area contributed by atoms with Crippen LogP contribution in [-0.4, -0.2) is 31.9 Å². The number of aliphatic hydroxyl groups is 1. The second kappa shape index (κ2) is 4.74. The Morgan fingerprint density at radius 3 is 2.77 bits per heavy atom. The van der Waals surface area contributed by atoms with Crippen molar-refractivity contribution in [2.75, 3.05) is 12.4 Å².